The number of urea groups is 1. The quantitative estimate of drug-likeness (QED) is 0.462. The number of nitrogens with zero attached hydrogens (tertiary/aromatic N) is 1. The Morgan fingerprint density at radius 3 is 2.26 bits per heavy atom. The van der Waals surface area contributed by atoms with E-state index in [9.17, 15) is 22.8 Å². The van der Waals surface area contributed by atoms with Crippen LogP contribution in [0.3, 0.4) is 0 Å². The predicted octanol–water partition coefficient (Wildman–Crippen LogP) is 5.86. The molecule has 3 rings (SSSR count). The number of aromatic nitrogens is 1. The molecule has 0 fully saturated rings. The molecule has 0 saturated carbocycles. The average Bonchev–Trinajstić information content (AvgIpc) is 3.11. The van der Waals surface area contributed by atoms with Gasteiger partial charge in [0.25, 0.3) is 5.91 Å². The molecule has 3 aromatic rings. The van der Waals surface area contributed by atoms with Crippen molar-refractivity contribution in [2.75, 3.05) is 16.0 Å². The zero-order valence-corrected chi connectivity index (χ0v) is 17.0. The molecule has 0 aliphatic heterocycles. The fourth-order valence-corrected chi connectivity index (χ4v) is 2.88. The second kappa shape index (κ2) is 8.68. The van der Waals surface area contributed by atoms with Crippen LogP contribution >= 0.6 is 11.6 Å². The Balaban J connectivity index is 1.72. The average molecular weight is 453 g/mol. The summed E-state index contributed by atoms with van der Waals surface area (Å²) in [6.07, 6.45) is -3.37. The normalized spacial score (nSPS) is 11.2. The summed E-state index contributed by atoms with van der Waals surface area (Å²) in [7, 11) is 0. The van der Waals surface area contributed by atoms with Crippen LogP contribution in [0.4, 0.5) is 35.0 Å². The second-order valence-electron chi connectivity index (χ2n) is 6.55. The van der Waals surface area contributed by atoms with Gasteiger partial charge in [-0.15, -0.1) is 0 Å². The number of halogens is 4. The van der Waals surface area contributed by atoms with Gasteiger partial charge in [-0.25, -0.2) is 4.79 Å². The molecule has 2 aromatic carbocycles. The monoisotopic (exact) mass is 452 g/mol. The number of hydrogen-bond donors (Lipinski definition) is 3. The lowest BCUT2D eigenvalue weighted by atomic mass is 10.1. The molecule has 0 atom stereocenters. The molecule has 3 N–H and O–H groups in total. The van der Waals surface area contributed by atoms with Crippen LogP contribution in [0.1, 0.15) is 27.2 Å². The summed E-state index contributed by atoms with van der Waals surface area (Å²) in [5, 5.41) is 10.6. The molecule has 1 heterocycles. The maximum atomic E-state index is 13.0. The second-order valence-corrected chi connectivity index (χ2v) is 6.96. The molecular formula is C20H16ClF3N4O3. The number of carbonyl (C=O) groups is 2. The lowest BCUT2D eigenvalue weighted by Gasteiger charge is -2.13. The summed E-state index contributed by atoms with van der Waals surface area (Å²) in [4.78, 5) is 24.6. The number of rotatable bonds is 4. The highest BCUT2D eigenvalue weighted by Gasteiger charge is 2.33. The van der Waals surface area contributed by atoms with Crippen LogP contribution in [0.5, 0.6) is 0 Å². The Kier molecular flexibility index (Phi) is 6.21. The number of aryl methyl sites for hydroxylation is 2. The Bertz CT molecular complexity index is 1140. The summed E-state index contributed by atoms with van der Waals surface area (Å²) >= 11 is 5.58. The van der Waals surface area contributed by atoms with Gasteiger partial charge < -0.3 is 20.5 Å². The minimum absolute atomic E-state index is 0.0854. The maximum Gasteiger partial charge on any atom is 0.417 e. The first-order valence-corrected chi connectivity index (χ1v) is 9.20. The van der Waals surface area contributed by atoms with E-state index in [0.29, 0.717) is 17.1 Å². The third-order valence-electron chi connectivity index (χ3n) is 4.27. The van der Waals surface area contributed by atoms with Crippen molar-refractivity contribution >= 4 is 40.6 Å². The fraction of sp³-hybridized carbons (Fsp3) is 0.150. The van der Waals surface area contributed by atoms with Gasteiger partial charge in [0, 0.05) is 17.1 Å². The summed E-state index contributed by atoms with van der Waals surface area (Å²) < 4.78 is 43.8. The molecule has 31 heavy (non-hydrogen) atoms. The van der Waals surface area contributed by atoms with E-state index in [1.54, 1.807) is 26.0 Å². The van der Waals surface area contributed by atoms with Crippen molar-refractivity contribution in [1.82, 2.24) is 5.16 Å². The molecule has 7 nitrogen and oxygen atoms in total. The van der Waals surface area contributed by atoms with Crippen molar-refractivity contribution in [1.29, 1.82) is 0 Å². The Morgan fingerprint density at radius 1 is 1.00 bits per heavy atom. The standard InChI is InChI=1S/C20H16ClF3N4O3/c1-10-3-4-13(8-17(10)28-18(29)14-9-25-31-11(14)2)27-19(30)26-12-5-6-16(21)15(7-12)20(22,23)24/h3-9H,1-2H3,(H,28,29)(H2,26,27,30). The molecule has 0 spiro atoms. The van der Waals surface area contributed by atoms with E-state index in [1.807, 2.05) is 0 Å². The first kappa shape index (κ1) is 22.2. The molecule has 0 radical (unpaired) electrons. The van der Waals surface area contributed by atoms with Crippen LogP contribution in [-0.2, 0) is 6.18 Å². The zero-order chi connectivity index (χ0) is 22.8. The van der Waals surface area contributed by atoms with Gasteiger partial charge in [0.1, 0.15) is 11.3 Å². The van der Waals surface area contributed by atoms with E-state index in [1.165, 1.54) is 18.3 Å². The van der Waals surface area contributed by atoms with Gasteiger partial charge >= 0.3 is 12.2 Å². The number of hydrogen-bond acceptors (Lipinski definition) is 4. The van der Waals surface area contributed by atoms with Crippen LogP contribution < -0.4 is 16.0 Å². The molecule has 3 amide bonds. The zero-order valence-electron chi connectivity index (χ0n) is 16.2. The van der Waals surface area contributed by atoms with E-state index in [4.69, 9.17) is 16.1 Å². The molecule has 162 valence electrons. The highest BCUT2D eigenvalue weighted by Crippen LogP contribution is 2.36. The van der Waals surface area contributed by atoms with Gasteiger partial charge in [0.05, 0.1) is 16.8 Å². The maximum absolute atomic E-state index is 13.0. The molecule has 0 saturated heterocycles. The summed E-state index contributed by atoms with van der Waals surface area (Å²) in [6, 6.07) is 7.02. The van der Waals surface area contributed by atoms with E-state index < -0.39 is 28.7 Å². The Labute approximate surface area is 179 Å². The van der Waals surface area contributed by atoms with Crippen molar-refractivity contribution in [2.24, 2.45) is 0 Å². The number of benzene rings is 2. The van der Waals surface area contributed by atoms with Crippen LogP contribution in [0.25, 0.3) is 0 Å². The van der Waals surface area contributed by atoms with Crippen molar-refractivity contribution in [3.05, 3.63) is 70.1 Å². The first-order valence-electron chi connectivity index (χ1n) is 8.82. The molecular weight excluding hydrogens is 437 g/mol. The van der Waals surface area contributed by atoms with Crippen LogP contribution in [0, 0.1) is 13.8 Å². The van der Waals surface area contributed by atoms with Gasteiger partial charge in [-0.1, -0.05) is 22.8 Å². The minimum atomic E-state index is -4.65. The number of alkyl halides is 3. The first-order chi connectivity index (χ1) is 14.5. The lowest BCUT2D eigenvalue weighted by Crippen LogP contribution is -2.20. The lowest BCUT2D eigenvalue weighted by molar-refractivity contribution is -0.137. The van der Waals surface area contributed by atoms with Crippen LogP contribution in [0.15, 0.2) is 47.1 Å². The SMILES string of the molecule is Cc1ccc(NC(=O)Nc2ccc(Cl)c(C(F)(F)F)c2)cc1NC(=O)c1cnoc1C. The van der Waals surface area contributed by atoms with Gasteiger partial charge in [0.2, 0.25) is 0 Å². The van der Waals surface area contributed by atoms with Gasteiger partial charge in [-0.05, 0) is 49.7 Å². The number of amides is 3. The highest BCUT2D eigenvalue weighted by molar-refractivity contribution is 6.31. The third-order valence-corrected chi connectivity index (χ3v) is 4.60. The van der Waals surface area contributed by atoms with E-state index in [-0.39, 0.29) is 11.3 Å². The van der Waals surface area contributed by atoms with Gasteiger partial charge in [-0.2, -0.15) is 13.2 Å². The smallest absolute Gasteiger partial charge is 0.361 e. The van der Waals surface area contributed by atoms with Crippen molar-refractivity contribution in [3.63, 3.8) is 0 Å². The topological polar surface area (TPSA) is 96.3 Å². The summed E-state index contributed by atoms with van der Waals surface area (Å²) in [5.74, 6) is -0.0886. The van der Waals surface area contributed by atoms with E-state index in [0.717, 1.165) is 17.7 Å². The van der Waals surface area contributed by atoms with Crippen molar-refractivity contribution in [3.8, 4) is 0 Å². The number of anilines is 3. The van der Waals surface area contributed by atoms with E-state index >= 15 is 0 Å². The summed E-state index contributed by atoms with van der Waals surface area (Å²) in [6.45, 7) is 3.35. The van der Waals surface area contributed by atoms with Crippen LogP contribution in [0.2, 0.25) is 5.02 Å². The largest absolute Gasteiger partial charge is 0.417 e. The molecule has 0 bridgehead atoms. The number of nitrogens with one attached hydrogen (secondary N) is 3. The molecule has 0 aliphatic rings. The van der Waals surface area contributed by atoms with Gasteiger partial charge in [0.15, 0.2) is 0 Å². The molecule has 1 aromatic heterocycles. The minimum Gasteiger partial charge on any atom is -0.361 e. The summed E-state index contributed by atoms with van der Waals surface area (Å²) in [5.41, 5.74) is 0.577. The number of carbonyl (C=O) groups excluding carboxylic acids is 2. The Hall–Kier alpha value is -3.53. The van der Waals surface area contributed by atoms with Gasteiger partial charge in [-0.3, -0.25) is 4.79 Å². The highest BCUT2D eigenvalue weighted by atomic mass is 35.5. The predicted molar refractivity (Wildman–Crippen MR) is 109 cm³/mol. The Morgan fingerprint density at radius 2 is 1.65 bits per heavy atom. The van der Waals surface area contributed by atoms with E-state index in [2.05, 4.69) is 21.1 Å². The van der Waals surface area contributed by atoms with Crippen LogP contribution in [-0.4, -0.2) is 17.1 Å². The fourth-order valence-electron chi connectivity index (χ4n) is 2.65. The van der Waals surface area contributed by atoms with Crippen molar-refractivity contribution < 1.29 is 27.3 Å². The molecule has 11 heteroatoms. The van der Waals surface area contributed by atoms with Crippen molar-refractivity contribution in [2.45, 2.75) is 20.0 Å². The third kappa shape index (κ3) is 5.34. The molecule has 0 unspecified atom stereocenters. The molecule has 0 aliphatic carbocycles.